The number of aldehydes is 1. The average Bonchev–Trinajstić information content (AvgIpc) is 2.62. The van der Waals surface area contributed by atoms with Gasteiger partial charge >= 0.3 is 0 Å². The molecule has 0 heterocycles. The molecule has 5 unspecified atom stereocenters. The summed E-state index contributed by atoms with van der Waals surface area (Å²) in [5.41, 5.74) is 0. The molecule has 152 valence electrons. The molecule has 0 rings (SSSR count). The highest BCUT2D eigenvalue weighted by atomic mass is 16.6. The smallest absolute Gasteiger partial charge is 0.222 e. The summed E-state index contributed by atoms with van der Waals surface area (Å²) in [7, 11) is 1.35. The van der Waals surface area contributed by atoms with Gasteiger partial charge in [0.1, 0.15) is 12.5 Å². The van der Waals surface area contributed by atoms with Crippen LogP contribution < -0.4 is 16.0 Å². The Morgan fingerprint density at radius 2 is 1.81 bits per heavy atom. The summed E-state index contributed by atoms with van der Waals surface area (Å²) in [6.07, 6.45) is -0.300. The second-order valence-corrected chi connectivity index (χ2v) is 6.34. The van der Waals surface area contributed by atoms with Crippen LogP contribution in [0.25, 0.3) is 0 Å². The fourth-order valence-electron chi connectivity index (χ4n) is 2.23. The Morgan fingerprint density at radius 3 is 2.35 bits per heavy atom. The third-order valence-corrected chi connectivity index (χ3v) is 4.13. The van der Waals surface area contributed by atoms with Gasteiger partial charge in [-0.1, -0.05) is 20.3 Å². The molecule has 0 spiro atoms. The van der Waals surface area contributed by atoms with E-state index < -0.39 is 24.6 Å². The van der Waals surface area contributed by atoms with E-state index in [1.807, 2.05) is 13.8 Å². The molecule has 0 aliphatic carbocycles. The van der Waals surface area contributed by atoms with Crippen molar-refractivity contribution in [3.8, 4) is 0 Å². The van der Waals surface area contributed by atoms with Crippen LogP contribution in [0.15, 0.2) is 0 Å². The van der Waals surface area contributed by atoms with Crippen LogP contribution in [0.1, 0.15) is 46.5 Å². The summed E-state index contributed by atoms with van der Waals surface area (Å²) >= 11 is 0. The summed E-state index contributed by atoms with van der Waals surface area (Å²) in [5, 5.41) is 27.5. The first-order valence-electron chi connectivity index (χ1n) is 8.91. The van der Waals surface area contributed by atoms with Gasteiger partial charge in [0.25, 0.3) is 0 Å². The Hall–Kier alpha value is -1.55. The summed E-state index contributed by atoms with van der Waals surface area (Å²) in [4.78, 5) is 34.4. The van der Waals surface area contributed by atoms with Crippen molar-refractivity contribution in [1.82, 2.24) is 16.0 Å². The Labute approximate surface area is 154 Å². The molecule has 0 aromatic carbocycles. The highest BCUT2D eigenvalue weighted by Crippen LogP contribution is 2.11. The molecule has 2 amide bonds. The lowest BCUT2D eigenvalue weighted by molar-refractivity contribution is -0.126. The molecule has 9 nitrogen and oxygen atoms in total. The third kappa shape index (κ3) is 10.4. The highest BCUT2D eigenvalue weighted by molar-refractivity contribution is 5.79. The predicted molar refractivity (Wildman–Crippen MR) is 95.9 cm³/mol. The molecule has 0 saturated carbocycles. The average molecular weight is 375 g/mol. The number of hydrogen-bond donors (Lipinski definition) is 5. The number of methoxy groups -OCH3 is 1. The molecular formula is C17H33N3O6. The fraction of sp³-hybridized carbons (Fsp3) is 0.824. The molecule has 0 bridgehead atoms. The van der Waals surface area contributed by atoms with E-state index in [0.717, 1.165) is 6.42 Å². The lowest BCUT2D eigenvalue weighted by atomic mass is 9.97. The SMILES string of the molecule is CCC(C)C(NC(=O)CCNC(=O)CCC(O)OC)C(O)NC(C)C=O. The summed E-state index contributed by atoms with van der Waals surface area (Å²) < 4.78 is 4.64. The number of carbonyl (C=O) groups is 3. The maximum Gasteiger partial charge on any atom is 0.222 e. The number of rotatable bonds is 14. The van der Waals surface area contributed by atoms with Gasteiger partial charge < -0.3 is 30.4 Å². The van der Waals surface area contributed by atoms with Gasteiger partial charge in [-0.25, -0.2) is 0 Å². The third-order valence-electron chi connectivity index (χ3n) is 4.13. The van der Waals surface area contributed by atoms with Crippen LogP contribution in [0, 0.1) is 5.92 Å². The van der Waals surface area contributed by atoms with Gasteiger partial charge in [0, 0.05) is 32.9 Å². The van der Waals surface area contributed by atoms with Gasteiger partial charge in [0.05, 0.1) is 12.1 Å². The van der Waals surface area contributed by atoms with Gasteiger partial charge in [-0.05, 0) is 12.8 Å². The normalized spacial score (nSPS) is 16.8. The van der Waals surface area contributed by atoms with Crippen molar-refractivity contribution in [1.29, 1.82) is 0 Å². The highest BCUT2D eigenvalue weighted by Gasteiger charge is 2.26. The van der Waals surface area contributed by atoms with Gasteiger partial charge in [-0.15, -0.1) is 0 Å². The zero-order chi connectivity index (χ0) is 20.1. The van der Waals surface area contributed by atoms with Gasteiger partial charge in [0.2, 0.25) is 11.8 Å². The number of hydrogen-bond acceptors (Lipinski definition) is 7. The van der Waals surface area contributed by atoms with Crippen molar-refractivity contribution >= 4 is 18.1 Å². The van der Waals surface area contributed by atoms with Crippen LogP contribution in [-0.4, -0.2) is 66.6 Å². The van der Waals surface area contributed by atoms with Crippen LogP contribution >= 0.6 is 0 Å². The first kappa shape index (κ1) is 24.5. The molecule has 5 N–H and O–H groups in total. The number of ether oxygens (including phenoxy) is 1. The minimum atomic E-state index is -1.06. The molecular weight excluding hydrogens is 342 g/mol. The van der Waals surface area contributed by atoms with E-state index in [4.69, 9.17) is 0 Å². The van der Waals surface area contributed by atoms with E-state index in [2.05, 4.69) is 20.7 Å². The molecule has 0 saturated heterocycles. The minimum Gasteiger partial charge on any atom is -0.376 e. The van der Waals surface area contributed by atoms with Crippen molar-refractivity contribution in [2.24, 2.45) is 5.92 Å². The van der Waals surface area contributed by atoms with Crippen molar-refractivity contribution in [3.05, 3.63) is 0 Å². The molecule has 9 heteroatoms. The predicted octanol–water partition coefficient (Wildman–Crippen LogP) is -0.736. The van der Waals surface area contributed by atoms with Crippen LogP contribution in [0.5, 0.6) is 0 Å². The fourth-order valence-corrected chi connectivity index (χ4v) is 2.23. The van der Waals surface area contributed by atoms with Gasteiger partial charge in [-0.3, -0.25) is 14.9 Å². The molecule has 0 aromatic heterocycles. The maximum atomic E-state index is 12.1. The molecule has 26 heavy (non-hydrogen) atoms. The van der Waals surface area contributed by atoms with Crippen molar-refractivity contribution in [2.45, 2.75) is 71.1 Å². The lowest BCUT2D eigenvalue weighted by Crippen LogP contribution is -2.55. The quantitative estimate of drug-likeness (QED) is 0.199. The zero-order valence-corrected chi connectivity index (χ0v) is 16.0. The van der Waals surface area contributed by atoms with Crippen LogP contribution in [0.2, 0.25) is 0 Å². The monoisotopic (exact) mass is 375 g/mol. The van der Waals surface area contributed by atoms with Crippen molar-refractivity contribution in [2.75, 3.05) is 13.7 Å². The molecule has 0 fully saturated rings. The summed E-state index contributed by atoms with van der Waals surface area (Å²) in [6.45, 7) is 5.59. The summed E-state index contributed by atoms with van der Waals surface area (Å²) in [6, 6.07) is -1.09. The molecule has 0 aliphatic rings. The second kappa shape index (κ2) is 13.6. The Balaban J connectivity index is 4.36. The van der Waals surface area contributed by atoms with Crippen molar-refractivity contribution < 1.29 is 29.3 Å². The van der Waals surface area contributed by atoms with Crippen LogP contribution in [0.4, 0.5) is 0 Å². The summed E-state index contributed by atoms with van der Waals surface area (Å²) in [5.74, 6) is -0.605. The van der Waals surface area contributed by atoms with Crippen LogP contribution in [0.3, 0.4) is 0 Å². The van der Waals surface area contributed by atoms with Crippen LogP contribution in [-0.2, 0) is 19.1 Å². The number of amides is 2. The van der Waals surface area contributed by atoms with E-state index >= 15 is 0 Å². The minimum absolute atomic E-state index is 0.00887. The Morgan fingerprint density at radius 1 is 1.15 bits per heavy atom. The molecule has 0 aliphatic heterocycles. The topological polar surface area (TPSA) is 137 Å². The lowest BCUT2D eigenvalue weighted by Gasteiger charge is -2.30. The first-order chi connectivity index (χ1) is 12.2. The number of aliphatic hydroxyl groups is 2. The van der Waals surface area contributed by atoms with Gasteiger partial charge in [0.15, 0.2) is 6.29 Å². The largest absolute Gasteiger partial charge is 0.376 e. The van der Waals surface area contributed by atoms with E-state index in [-0.39, 0.29) is 43.5 Å². The first-order valence-corrected chi connectivity index (χ1v) is 8.91. The van der Waals surface area contributed by atoms with Gasteiger partial charge in [-0.2, -0.15) is 0 Å². The Kier molecular flexibility index (Phi) is 12.8. The van der Waals surface area contributed by atoms with Crippen molar-refractivity contribution in [3.63, 3.8) is 0 Å². The maximum absolute atomic E-state index is 12.1. The molecule has 5 atom stereocenters. The second-order valence-electron chi connectivity index (χ2n) is 6.34. The van der Waals surface area contributed by atoms with E-state index in [0.29, 0.717) is 6.29 Å². The van der Waals surface area contributed by atoms with E-state index in [9.17, 15) is 24.6 Å². The van der Waals surface area contributed by atoms with E-state index in [1.165, 1.54) is 7.11 Å². The zero-order valence-electron chi connectivity index (χ0n) is 16.0. The number of carbonyl (C=O) groups excluding carboxylic acids is 3. The number of nitrogens with one attached hydrogen (secondary N) is 3. The Bertz CT molecular complexity index is 435. The van der Waals surface area contributed by atoms with E-state index in [1.54, 1.807) is 6.92 Å². The number of aliphatic hydroxyl groups excluding tert-OH is 2. The molecule has 0 radical (unpaired) electrons. The standard InChI is InChI=1S/C17H33N3O6/c1-5-11(2)16(17(25)19-12(3)10-21)20-14(23)8-9-18-13(22)6-7-15(24)26-4/h10-12,15-17,19,24-25H,5-9H2,1-4H3,(H,18,22)(H,20,23). The molecule has 0 aromatic rings.